The number of hydrogen-bond donors (Lipinski definition) is 1. The molecule has 20 heavy (non-hydrogen) atoms. The van der Waals surface area contributed by atoms with E-state index < -0.39 is 5.82 Å². The highest BCUT2D eigenvalue weighted by Gasteiger charge is 2.32. The molecule has 1 aromatic rings. The third-order valence-corrected chi connectivity index (χ3v) is 3.93. The Morgan fingerprint density at radius 1 is 1.30 bits per heavy atom. The molecule has 1 saturated carbocycles. The summed E-state index contributed by atoms with van der Waals surface area (Å²) in [7, 11) is 0. The van der Waals surface area contributed by atoms with Crippen LogP contribution in [0.5, 0.6) is 0 Å². The quantitative estimate of drug-likeness (QED) is 0.893. The Morgan fingerprint density at radius 3 is 2.95 bits per heavy atom. The van der Waals surface area contributed by atoms with Crippen LogP contribution in [0.1, 0.15) is 18.4 Å². The van der Waals surface area contributed by atoms with E-state index in [0.717, 1.165) is 37.9 Å². The van der Waals surface area contributed by atoms with E-state index in [1.165, 1.54) is 18.9 Å². The number of ether oxygens (including phenoxy) is 1. The van der Waals surface area contributed by atoms with Gasteiger partial charge in [-0.05, 0) is 31.0 Å². The minimum Gasteiger partial charge on any atom is -0.374 e. The van der Waals surface area contributed by atoms with Gasteiger partial charge < -0.3 is 10.1 Å². The smallest absolute Gasteiger partial charge is 0.127 e. The molecule has 0 unspecified atom stereocenters. The van der Waals surface area contributed by atoms with E-state index in [1.54, 1.807) is 0 Å². The first-order valence-corrected chi connectivity index (χ1v) is 7.22. The van der Waals surface area contributed by atoms with Gasteiger partial charge in [-0.1, -0.05) is 0 Å². The number of hydrogen-bond acceptors (Lipinski definition) is 3. The first kappa shape index (κ1) is 13.9. The average molecular weight is 282 g/mol. The molecule has 1 heterocycles. The minimum absolute atomic E-state index is 0.140. The van der Waals surface area contributed by atoms with Crippen LogP contribution in [0.4, 0.5) is 8.78 Å². The van der Waals surface area contributed by atoms with Crippen molar-refractivity contribution in [2.45, 2.75) is 31.5 Å². The molecule has 1 aliphatic heterocycles. The van der Waals surface area contributed by atoms with Crippen molar-refractivity contribution in [2.75, 3.05) is 26.2 Å². The summed E-state index contributed by atoms with van der Waals surface area (Å²) in [6, 6.07) is 4.29. The fourth-order valence-corrected chi connectivity index (χ4v) is 2.68. The number of benzene rings is 1. The van der Waals surface area contributed by atoms with Crippen LogP contribution in [0.15, 0.2) is 18.2 Å². The van der Waals surface area contributed by atoms with Gasteiger partial charge in [-0.2, -0.15) is 0 Å². The lowest BCUT2D eigenvalue weighted by atomic mass is 10.2. The lowest BCUT2D eigenvalue weighted by Crippen LogP contribution is -2.47. The summed E-state index contributed by atoms with van der Waals surface area (Å²) in [5, 5.41) is 3.16. The van der Waals surface area contributed by atoms with Gasteiger partial charge in [0.2, 0.25) is 0 Å². The van der Waals surface area contributed by atoms with Crippen molar-refractivity contribution in [3.8, 4) is 0 Å². The van der Waals surface area contributed by atoms with E-state index >= 15 is 0 Å². The maximum Gasteiger partial charge on any atom is 0.127 e. The van der Waals surface area contributed by atoms with Crippen molar-refractivity contribution in [1.82, 2.24) is 10.2 Å². The van der Waals surface area contributed by atoms with Gasteiger partial charge in [0.05, 0.1) is 12.7 Å². The topological polar surface area (TPSA) is 24.5 Å². The zero-order valence-corrected chi connectivity index (χ0v) is 11.4. The molecule has 3 nitrogen and oxygen atoms in total. The largest absolute Gasteiger partial charge is 0.374 e. The molecule has 1 aromatic carbocycles. The van der Waals surface area contributed by atoms with Crippen LogP contribution in [0.3, 0.4) is 0 Å². The van der Waals surface area contributed by atoms with Gasteiger partial charge in [0.1, 0.15) is 11.6 Å². The molecule has 1 atom stereocenters. The van der Waals surface area contributed by atoms with Gasteiger partial charge >= 0.3 is 0 Å². The van der Waals surface area contributed by atoms with Gasteiger partial charge in [0, 0.05) is 37.8 Å². The Labute approximate surface area is 117 Å². The molecular formula is C15H20F2N2O. The first-order valence-electron chi connectivity index (χ1n) is 7.22. The van der Waals surface area contributed by atoms with Gasteiger partial charge in [-0.25, -0.2) is 8.78 Å². The number of nitrogens with one attached hydrogen (secondary N) is 1. The van der Waals surface area contributed by atoms with Crippen LogP contribution in [0.2, 0.25) is 0 Å². The fourth-order valence-electron chi connectivity index (χ4n) is 2.68. The van der Waals surface area contributed by atoms with Crippen molar-refractivity contribution in [3.05, 3.63) is 35.4 Å². The molecule has 0 bridgehead atoms. The van der Waals surface area contributed by atoms with E-state index in [9.17, 15) is 8.78 Å². The lowest BCUT2D eigenvalue weighted by Gasteiger charge is -2.33. The average Bonchev–Trinajstić information content (AvgIpc) is 3.28. The van der Waals surface area contributed by atoms with E-state index in [2.05, 4.69) is 10.2 Å². The van der Waals surface area contributed by atoms with E-state index in [0.29, 0.717) is 18.7 Å². The molecule has 1 aliphatic carbocycles. The third kappa shape index (κ3) is 3.53. The molecule has 2 aliphatic rings. The van der Waals surface area contributed by atoms with Gasteiger partial charge in [-0.3, -0.25) is 4.90 Å². The second-order valence-electron chi connectivity index (χ2n) is 5.59. The van der Waals surface area contributed by atoms with Crippen LogP contribution in [-0.4, -0.2) is 43.3 Å². The highest BCUT2D eigenvalue weighted by atomic mass is 19.1. The molecule has 0 radical (unpaired) electrons. The molecule has 0 aromatic heterocycles. The second kappa shape index (κ2) is 6.16. The standard InChI is InChI=1S/C15H20F2N2O/c16-12-1-4-15(17)11(7-12)8-18-9-14-10-19(5-6-20-14)13-2-3-13/h1,4,7,13-14,18H,2-3,5-6,8-10H2/t14-/m1/s1. The van der Waals surface area contributed by atoms with Crippen molar-refractivity contribution in [2.24, 2.45) is 0 Å². The number of halogens is 2. The van der Waals surface area contributed by atoms with E-state index in [4.69, 9.17) is 4.74 Å². The molecule has 2 fully saturated rings. The Hall–Kier alpha value is -1.04. The molecular weight excluding hydrogens is 262 g/mol. The van der Waals surface area contributed by atoms with Crippen molar-refractivity contribution in [3.63, 3.8) is 0 Å². The maximum absolute atomic E-state index is 13.5. The van der Waals surface area contributed by atoms with Crippen LogP contribution in [-0.2, 0) is 11.3 Å². The summed E-state index contributed by atoms with van der Waals surface area (Å²) >= 11 is 0. The minimum atomic E-state index is -0.406. The predicted molar refractivity (Wildman–Crippen MR) is 72.4 cm³/mol. The highest BCUT2D eigenvalue weighted by Crippen LogP contribution is 2.28. The SMILES string of the molecule is Fc1ccc(F)c(CNC[C@@H]2CN(C3CC3)CCO2)c1. The number of rotatable bonds is 5. The second-order valence-corrected chi connectivity index (χ2v) is 5.59. The number of morpholine rings is 1. The Balaban J connectivity index is 1.46. The summed E-state index contributed by atoms with van der Waals surface area (Å²) in [6.45, 7) is 3.70. The molecule has 110 valence electrons. The van der Waals surface area contributed by atoms with Gasteiger partial charge in [0.15, 0.2) is 0 Å². The van der Waals surface area contributed by atoms with Crippen LogP contribution < -0.4 is 5.32 Å². The molecule has 1 saturated heterocycles. The zero-order valence-electron chi connectivity index (χ0n) is 11.4. The monoisotopic (exact) mass is 282 g/mol. The van der Waals surface area contributed by atoms with E-state index in [-0.39, 0.29) is 11.9 Å². The summed E-state index contributed by atoms with van der Waals surface area (Å²) < 4.78 is 32.2. The Kier molecular flexibility index (Phi) is 4.29. The predicted octanol–water partition coefficient (Wildman–Crippen LogP) is 1.92. The summed E-state index contributed by atoms with van der Waals surface area (Å²) in [6.07, 6.45) is 2.74. The summed E-state index contributed by atoms with van der Waals surface area (Å²) in [5.41, 5.74) is 0.361. The highest BCUT2D eigenvalue weighted by molar-refractivity contribution is 5.18. The van der Waals surface area contributed by atoms with Crippen molar-refractivity contribution < 1.29 is 13.5 Å². The Bertz CT molecular complexity index is 465. The maximum atomic E-state index is 13.5. The van der Waals surface area contributed by atoms with Crippen LogP contribution >= 0.6 is 0 Å². The summed E-state index contributed by atoms with van der Waals surface area (Å²) in [5.74, 6) is -0.778. The fraction of sp³-hybridized carbons (Fsp3) is 0.600. The third-order valence-electron chi connectivity index (χ3n) is 3.93. The van der Waals surface area contributed by atoms with Crippen molar-refractivity contribution in [1.29, 1.82) is 0 Å². The molecule has 1 N–H and O–H groups in total. The first-order chi connectivity index (χ1) is 9.72. The number of nitrogens with zero attached hydrogens (tertiary/aromatic N) is 1. The summed E-state index contributed by atoms with van der Waals surface area (Å²) in [4.78, 5) is 2.47. The van der Waals surface area contributed by atoms with Crippen LogP contribution in [0, 0.1) is 11.6 Å². The zero-order chi connectivity index (χ0) is 13.9. The molecule has 0 spiro atoms. The normalized spacial score (nSPS) is 24.0. The van der Waals surface area contributed by atoms with Gasteiger partial charge in [0.25, 0.3) is 0 Å². The molecule has 0 amide bonds. The lowest BCUT2D eigenvalue weighted by molar-refractivity contribution is -0.0301. The molecule has 5 heteroatoms. The Morgan fingerprint density at radius 2 is 2.15 bits per heavy atom. The van der Waals surface area contributed by atoms with Crippen LogP contribution in [0.25, 0.3) is 0 Å². The molecule has 3 rings (SSSR count). The van der Waals surface area contributed by atoms with Crippen molar-refractivity contribution >= 4 is 0 Å². The van der Waals surface area contributed by atoms with Gasteiger partial charge in [-0.15, -0.1) is 0 Å². The van der Waals surface area contributed by atoms with E-state index in [1.807, 2.05) is 0 Å².